The highest BCUT2D eigenvalue weighted by molar-refractivity contribution is 8.02. The van der Waals surface area contributed by atoms with E-state index in [0.29, 0.717) is 11.4 Å². The van der Waals surface area contributed by atoms with Crippen molar-refractivity contribution in [1.82, 2.24) is 4.90 Å². The summed E-state index contributed by atoms with van der Waals surface area (Å²) in [5.74, 6) is -1.75. The number of benzene rings is 2. The van der Waals surface area contributed by atoms with Gasteiger partial charge in [-0.3, -0.25) is 14.4 Å². The quantitative estimate of drug-likeness (QED) is 0.454. The molecule has 0 saturated carbocycles. The first-order chi connectivity index (χ1) is 18.3. The summed E-state index contributed by atoms with van der Waals surface area (Å²) in [7, 11) is 0. The smallest absolute Gasteiger partial charge is 0.248 e. The third-order valence-electron chi connectivity index (χ3n) is 8.44. The van der Waals surface area contributed by atoms with Crippen LogP contribution in [-0.4, -0.2) is 70.0 Å². The fourth-order valence-corrected chi connectivity index (χ4v) is 9.19. The highest BCUT2D eigenvalue weighted by Crippen LogP contribution is 2.68. The summed E-state index contributed by atoms with van der Waals surface area (Å²) in [5.41, 5.74) is 2.42. The van der Waals surface area contributed by atoms with E-state index in [1.165, 1.54) is 4.90 Å². The van der Waals surface area contributed by atoms with Crippen LogP contribution in [0.15, 0.2) is 54.6 Å². The normalized spacial score (nSPS) is 29.3. The van der Waals surface area contributed by atoms with Gasteiger partial charge in [-0.15, -0.1) is 11.8 Å². The molecule has 202 valence electrons. The van der Waals surface area contributed by atoms with E-state index in [4.69, 9.17) is 0 Å². The van der Waals surface area contributed by atoms with Gasteiger partial charge >= 0.3 is 0 Å². The molecule has 5 rings (SSSR count). The minimum Gasteiger partial charge on any atom is -0.395 e. The Bertz CT molecular complexity index is 1190. The molecule has 3 saturated heterocycles. The van der Waals surface area contributed by atoms with E-state index in [1.54, 1.807) is 11.8 Å². The lowest BCUT2D eigenvalue weighted by molar-refractivity contribution is -0.138. The zero-order valence-electron chi connectivity index (χ0n) is 22.1. The molecule has 3 aliphatic rings. The van der Waals surface area contributed by atoms with Gasteiger partial charge in [-0.1, -0.05) is 25.1 Å². The molecule has 0 aliphatic carbocycles. The lowest BCUT2D eigenvalue weighted by atomic mass is 9.66. The first-order valence-corrected chi connectivity index (χ1v) is 14.3. The Balaban J connectivity index is 1.43. The molecule has 1 spiro atoms. The summed E-state index contributed by atoms with van der Waals surface area (Å²) in [6, 6.07) is 16.2. The van der Waals surface area contributed by atoms with Crippen LogP contribution in [-0.2, 0) is 14.4 Å². The maximum absolute atomic E-state index is 13.9. The third-order valence-corrected chi connectivity index (χ3v) is 10.5. The Morgan fingerprint density at radius 3 is 2.29 bits per heavy atom. The number of hydrogen-bond acceptors (Lipinski definition) is 6. The molecular formula is C29H36N4O4S. The lowest BCUT2D eigenvalue weighted by Gasteiger charge is -2.38. The van der Waals surface area contributed by atoms with Crippen LogP contribution >= 0.6 is 11.8 Å². The predicted molar refractivity (Wildman–Crippen MR) is 151 cm³/mol. The Morgan fingerprint density at radius 1 is 1.03 bits per heavy atom. The van der Waals surface area contributed by atoms with E-state index < -0.39 is 22.6 Å². The molecule has 6 atom stereocenters. The monoisotopic (exact) mass is 536 g/mol. The molecule has 3 fully saturated rings. The number of amides is 3. The number of anilines is 3. The second-order valence-electron chi connectivity index (χ2n) is 10.4. The van der Waals surface area contributed by atoms with Crippen LogP contribution in [0.1, 0.15) is 27.2 Å². The van der Waals surface area contributed by atoms with Crippen molar-refractivity contribution in [2.45, 2.75) is 43.2 Å². The number of carbonyl (C=O) groups excluding carboxylic acids is 3. The number of hydrogen-bond donors (Lipinski definition) is 3. The van der Waals surface area contributed by atoms with Crippen LogP contribution in [0, 0.1) is 17.8 Å². The molecule has 0 radical (unpaired) electrons. The zero-order valence-corrected chi connectivity index (χ0v) is 22.9. The number of rotatable bonds is 9. The van der Waals surface area contributed by atoms with Gasteiger partial charge in [-0.05, 0) is 62.6 Å². The summed E-state index contributed by atoms with van der Waals surface area (Å²) in [5, 5.41) is 15.8. The summed E-state index contributed by atoms with van der Waals surface area (Å²) in [6.07, 6.45) is 0.761. The van der Waals surface area contributed by atoms with Gasteiger partial charge in [0.05, 0.1) is 23.2 Å². The third kappa shape index (κ3) is 4.25. The van der Waals surface area contributed by atoms with Crippen LogP contribution in [0.5, 0.6) is 0 Å². The number of nitrogens with zero attached hydrogens (tertiary/aromatic N) is 2. The summed E-state index contributed by atoms with van der Waals surface area (Å²) in [4.78, 5) is 45.0. The molecular weight excluding hydrogens is 500 g/mol. The number of para-hydroxylation sites is 1. The lowest BCUT2D eigenvalue weighted by Crippen LogP contribution is -2.55. The van der Waals surface area contributed by atoms with Gasteiger partial charge < -0.3 is 25.5 Å². The van der Waals surface area contributed by atoms with Gasteiger partial charge in [0.15, 0.2) is 0 Å². The van der Waals surface area contributed by atoms with Crippen LogP contribution in [0.4, 0.5) is 17.1 Å². The average molecular weight is 537 g/mol. The van der Waals surface area contributed by atoms with Crippen molar-refractivity contribution in [3.63, 3.8) is 0 Å². The Kier molecular flexibility index (Phi) is 7.42. The predicted octanol–water partition coefficient (Wildman–Crippen LogP) is 3.44. The zero-order chi connectivity index (χ0) is 27.0. The number of nitrogens with one attached hydrogen (secondary N) is 2. The first kappa shape index (κ1) is 26.6. The SMILES string of the molecule is CCN(CC)c1ccc(NC(=O)C2N(CCO)C(=O)[C@@H]3[C@@H](C(=O)Nc4ccccc4)[C@H]4CC(C)C23S4)cc1. The van der Waals surface area contributed by atoms with Crippen molar-refractivity contribution < 1.29 is 19.5 Å². The summed E-state index contributed by atoms with van der Waals surface area (Å²) >= 11 is 1.62. The van der Waals surface area contributed by atoms with Crippen molar-refractivity contribution in [3.05, 3.63) is 54.6 Å². The number of aliphatic hydroxyl groups excluding tert-OH is 1. The fourth-order valence-electron chi connectivity index (χ4n) is 6.77. The number of carbonyl (C=O) groups is 3. The maximum Gasteiger partial charge on any atom is 0.248 e. The van der Waals surface area contributed by atoms with Crippen molar-refractivity contribution in [3.8, 4) is 0 Å². The van der Waals surface area contributed by atoms with E-state index in [2.05, 4.69) is 36.3 Å². The minimum atomic E-state index is -0.769. The molecule has 3 aliphatic heterocycles. The van der Waals surface area contributed by atoms with Crippen molar-refractivity contribution in [2.75, 3.05) is 41.8 Å². The highest BCUT2D eigenvalue weighted by atomic mass is 32.2. The van der Waals surface area contributed by atoms with Gasteiger partial charge in [0, 0.05) is 41.9 Å². The van der Waals surface area contributed by atoms with E-state index in [0.717, 1.165) is 25.2 Å². The van der Waals surface area contributed by atoms with Crippen LogP contribution < -0.4 is 15.5 Å². The Hall–Kier alpha value is -3.04. The van der Waals surface area contributed by atoms with E-state index in [1.807, 2.05) is 54.6 Å². The van der Waals surface area contributed by atoms with E-state index in [-0.39, 0.29) is 42.0 Å². The molecule has 2 aromatic rings. The highest BCUT2D eigenvalue weighted by Gasteiger charge is 2.75. The molecule has 3 heterocycles. The summed E-state index contributed by atoms with van der Waals surface area (Å²) in [6.45, 7) is 7.87. The van der Waals surface area contributed by atoms with E-state index >= 15 is 0 Å². The largest absolute Gasteiger partial charge is 0.395 e. The first-order valence-electron chi connectivity index (χ1n) is 13.5. The molecule has 3 N–H and O–H groups in total. The Labute approximate surface area is 228 Å². The molecule has 3 amide bonds. The van der Waals surface area contributed by atoms with Gasteiger partial charge in [0.1, 0.15) is 6.04 Å². The second-order valence-corrected chi connectivity index (χ2v) is 11.9. The molecule has 38 heavy (non-hydrogen) atoms. The molecule has 0 aromatic heterocycles. The van der Waals surface area contributed by atoms with Crippen molar-refractivity contribution in [2.24, 2.45) is 17.8 Å². The number of aliphatic hydroxyl groups is 1. The minimum absolute atomic E-state index is 0.0393. The summed E-state index contributed by atoms with van der Waals surface area (Å²) < 4.78 is -0.721. The fraction of sp³-hybridized carbons (Fsp3) is 0.483. The second kappa shape index (κ2) is 10.6. The molecule has 2 aromatic carbocycles. The number of β-amino-alcohol motifs (C(OH)–C–C–N with tert-alkyl or cyclic N) is 1. The number of thioether (sulfide) groups is 1. The van der Waals surface area contributed by atoms with Gasteiger partial charge in [-0.25, -0.2) is 0 Å². The molecule has 3 unspecified atom stereocenters. The van der Waals surface area contributed by atoms with Crippen molar-refractivity contribution in [1.29, 1.82) is 0 Å². The van der Waals surface area contributed by atoms with Crippen LogP contribution in [0.3, 0.4) is 0 Å². The molecule has 9 heteroatoms. The average Bonchev–Trinajstić information content (AvgIpc) is 3.50. The standard InChI is InChI=1S/C29H36N4O4S/c1-4-32(5-2)21-13-11-20(12-14-21)31-27(36)25-29-18(3)17-22(38-29)23(24(29)28(37)33(25)15-16-34)26(35)30-19-9-7-6-8-10-19/h6-14,18,22-25,34H,4-5,15-17H2,1-3H3,(H,30,35)(H,31,36)/t18?,22-,23+,24+,25?,29?/m1/s1. The topological polar surface area (TPSA) is 102 Å². The van der Waals surface area contributed by atoms with Gasteiger partial charge in [0.25, 0.3) is 0 Å². The van der Waals surface area contributed by atoms with Crippen LogP contribution in [0.2, 0.25) is 0 Å². The molecule has 2 bridgehead atoms. The number of fused-ring (bicyclic) bond motifs is 1. The number of likely N-dealkylation sites (tertiary alicyclic amines) is 1. The van der Waals surface area contributed by atoms with Gasteiger partial charge in [-0.2, -0.15) is 0 Å². The Morgan fingerprint density at radius 2 is 1.66 bits per heavy atom. The maximum atomic E-state index is 13.9. The van der Waals surface area contributed by atoms with Gasteiger partial charge in [0.2, 0.25) is 17.7 Å². The molecule has 8 nitrogen and oxygen atoms in total. The van der Waals surface area contributed by atoms with Crippen LogP contribution in [0.25, 0.3) is 0 Å². The van der Waals surface area contributed by atoms with Crippen molar-refractivity contribution >= 4 is 46.5 Å². The van der Waals surface area contributed by atoms with E-state index in [9.17, 15) is 19.5 Å².